The Morgan fingerprint density at radius 1 is 1.59 bits per heavy atom. The molecule has 0 amide bonds. The van der Waals surface area contributed by atoms with Crippen molar-refractivity contribution in [3.8, 4) is 0 Å². The van der Waals surface area contributed by atoms with Gasteiger partial charge in [-0.1, -0.05) is 0 Å². The minimum Gasteiger partial charge on any atom is -0.462 e. The Labute approximate surface area is 96.4 Å². The van der Waals surface area contributed by atoms with Crippen LogP contribution in [-0.4, -0.2) is 25.4 Å². The van der Waals surface area contributed by atoms with Crippen LogP contribution in [0.15, 0.2) is 6.20 Å². The molecule has 2 radical (unpaired) electrons. The van der Waals surface area contributed by atoms with Crippen molar-refractivity contribution in [2.24, 2.45) is 0 Å². The molecule has 2 N–H and O–H groups in total. The number of alkyl halides is 3. The molecule has 1 aromatic rings. The first-order valence-corrected chi connectivity index (χ1v) is 4.57. The summed E-state index contributed by atoms with van der Waals surface area (Å²) in [6.07, 6.45) is -4.02. The maximum absolute atomic E-state index is 12.4. The molecule has 0 saturated carbocycles. The molecule has 1 heterocycles. The van der Waals surface area contributed by atoms with Gasteiger partial charge in [-0.15, -0.1) is 0 Å². The highest BCUT2D eigenvalue weighted by Gasteiger charge is 2.35. The molecular formula is C9H8BF3N2O2. The molecule has 8 heteroatoms. The molecule has 90 valence electrons. The number of ether oxygens (including phenoxy) is 1. The van der Waals surface area contributed by atoms with Crippen LogP contribution in [0.4, 0.5) is 18.9 Å². The van der Waals surface area contributed by atoms with Crippen LogP contribution in [0.25, 0.3) is 0 Å². The molecule has 0 aliphatic carbocycles. The van der Waals surface area contributed by atoms with Gasteiger partial charge in [-0.2, -0.15) is 13.2 Å². The van der Waals surface area contributed by atoms with E-state index in [0.717, 1.165) is 0 Å². The van der Waals surface area contributed by atoms with E-state index in [1.165, 1.54) is 0 Å². The normalized spacial score (nSPS) is 11.3. The Bertz CT molecular complexity index is 449. The number of nitrogens with zero attached hydrogens (tertiary/aromatic N) is 1. The summed E-state index contributed by atoms with van der Waals surface area (Å²) in [5.41, 5.74) is 2.49. The maximum Gasteiger partial charge on any atom is 0.432 e. The van der Waals surface area contributed by atoms with Gasteiger partial charge < -0.3 is 10.5 Å². The minimum absolute atomic E-state index is 0.0687. The van der Waals surface area contributed by atoms with Gasteiger partial charge in [0.15, 0.2) is 0 Å². The first-order chi connectivity index (χ1) is 7.79. The monoisotopic (exact) mass is 244 g/mol. The molecule has 0 bridgehead atoms. The number of esters is 1. The molecule has 0 saturated heterocycles. The molecule has 17 heavy (non-hydrogen) atoms. The first-order valence-electron chi connectivity index (χ1n) is 4.57. The van der Waals surface area contributed by atoms with Gasteiger partial charge in [0.25, 0.3) is 0 Å². The topological polar surface area (TPSA) is 65.2 Å². The lowest BCUT2D eigenvalue weighted by molar-refractivity contribution is -0.140. The van der Waals surface area contributed by atoms with E-state index >= 15 is 0 Å². The summed E-state index contributed by atoms with van der Waals surface area (Å²) in [5, 5.41) is 0. The van der Waals surface area contributed by atoms with E-state index in [1.807, 2.05) is 0 Å². The van der Waals surface area contributed by atoms with Gasteiger partial charge in [0.05, 0.1) is 6.61 Å². The van der Waals surface area contributed by atoms with Gasteiger partial charge in [0, 0.05) is 11.9 Å². The number of nitrogens with two attached hydrogens (primary N) is 1. The second-order valence-corrected chi connectivity index (χ2v) is 3.07. The summed E-state index contributed by atoms with van der Waals surface area (Å²) in [7, 11) is 5.19. The highest BCUT2D eigenvalue weighted by Crippen LogP contribution is 2.27. The van der Waals surface area contributed by atoms with E-state index in [0.29, 0.717) is 6.20 Å². The number of pyridine rings is 1. The summed E-state index contributed by atoms with van der Waals surface area (Å²) in [6, 6.07) is 0. The van der Waals surface area contributed by atoms with E-state index in [-0.39, 0.29) is 12.2 Å². The van der Waals surface area contributed by atoms with Crippen molar-refractivity contribution in [1.82, 2.24) is 4.98 Å². The smallest absolute Gasteiger partial charge is 0.432 e. The quantitative estimate of drug-likeness (QED) is 0.612. The fourth-order valence-electron chi connectivity index (χ4n) is 1.14. The Morgan fingerprint density at radius 3 is 2.65 bits per heavy atom. The summed E-state index contributed by atoms with van der Waals surface area (Å²) in [4.78, 5) is 14.4. The van der Waals surface area contributed by atoms with Gasteiger partial charge in [-0.25, -0.2) is 4.79 Å². The molecule has 0 fully saturated rings. The Hall–Kier alpha value is -1.73. The predicted molar refractivity (Wildman–Crippen MR) is 55.0 cm³/mol. The van der Waals surface area contributed by atoms with Crippen molar-refractivity contribution in [3.05, 3.63) is 17.5 Å². The molecule has 0 aliphatic rings. The highest BCUT2D eigenvalue weighted by atomic mass is 19.4. The lowest BCUT2D eigenvalue weighted by Gasteiger charge is -2.13. The molecule has 0 aliphatic heterocycles. The van der Waals surface area contributed by atoms with E-state index in [9.17, 15) is 18.0 Å². The van der Waals surface area contributed by atoms with E-state index in [4.69, 9.17) is 13.6 Å². The number of carbonyl (C=O) groups excluding carboxylic acids is 1. The van der Waals surface area contributed by atoms with Crippen molar-refractivity contribution in [2.45, 2.75) is 13.1 Å². The van der Waals surface area contributed by atoms with Crippen molar-refractivity contribution < 1.29 is 22.7 Å². The van der Waals surface area contributed by atoms with Crippen LogP contribution in [0.2, 0.25) is 0 Å². The van der Waals surface area contributed by atoms with Crippen LogP contribution < -0.4 is 11.2 Å². The van der Waals surface area contributed by atoms with Crippen LogP contribution in [0.5, 0.6) is 0 Å². The van der Waals surface area contributed by atoms with Crippen molar-refractivity contribution in [2.75, 3.05) is 12.3 Å². The summed E-state index contributed by atoms with van der Waals surface area (Å²) < 4.78 is 41.8. The number of anilines is 1. The zero-order valence-electron chi connectivity index (χ0n) is 8.84. The van der Waals surface area contributed by atoms with Crippen molar-refractivity contribution in [3.63, 3.8) is 0 Å². The number of aromatic nitrogens is 1. The van der Waals surface area contributed by atoms with Crippen LogP contribution in [0.3, 0.4) is 0 Å². The zero-order chi connectivity index (χ0) is 13.2. The minimum atomic E-state index is -4.72. The number of nitrogen functional groups attached to an aromatic ring is 1. The number of carbonyl (C=O) groups is 1. The SMILES string of the molecule is [B]c1c(C(F)(F)F)ncc(C(=O)OCC)c1N. The molecule has 1 rings (SSSR count). The van der Waals surface area contributed by atoms with Gasteiger partial charge in [-0.05, 0) is 12.4 Å². The molecule has 0 spiro atoms. The van der Waals surface area contributed by atoms with E-state index in [1.54, 1.807) is 6.92 Å². The molecule has 0 unspecified atom stereocenters. The molecule has 0 atom stereocenters. The number of halogens is 3. The van der Waals surface area contributed by atoms with E-state index in [2.05, 4.69) is 9.72 Å². The summed E-state index contributed by atoms with van der Waals surface area (Å²) in [5.74, 6) is -0.863. The number of rotatable bonds is 2. The number of hydrogen-bond acceptors (Lipinski definition) is 4. The fraction of sp³-hybridized carbons (Fsp3) is 0.333. The Morgan fingerprint density at radius 2 is 2.18 bits per heavy atom. The third-order valence-corrected chi connectivity index (χ3v) is 1.92. The first kappa shape index (κ1) is 13.3. The third-order valence-electron chi connectivity index (χ3n) is 1.92. The van der Waals surface area contributed by atoms with Gasteiger partial charge >= 0.3 is 12.1 Å². The Balaban J connectivity index is 3.25. The molecule has 0 aromatic carbocycles. The lowest BCUT2D eigenvalue weighted by atomic mass is 9.90. The molecule has 4 nitrogen and oxygen atoms in total. The van der Waals surface area contributed by atoms with Crippen LogP contribution >= 0.6 is 0 Å². The van der Waals surface area contributed by atoms with E-state index < -0.39 is 29.0 Å². The van der Waals surface area contributed by atoms with Gasteiger partial charge in [0.1, 0.15) is 19.1 Å². The Kier molecular flexibility index (Phi) is 3.64. The average molecular weight is 244 g/mol. The third kappa shape index (κ3) is 2.69. The van der Waals surface area contributed by atoms with Crippen molar-refractivity contribution in [1.29, 1.82) is 0 Å². The fourth-order valence-corrected chi connectivity index (χ4v) is 1.14. The van der Waals surface area contributed by atoms with Crippen molar-refractivity contribution >= 4 is 25.0 Å². The summed E-state index contributed by atoms with van der Waals surface area (Å²) in [6.45, 7) is 1.62. The second kappa shape index (κ2) is 4.64. The molecular weight excluding hydrogens is 236 g/mol. The largest absolute Gasteiger partial charge is 0.462 e. The second-order valence-electron chi connectivity index (χ2n) is 3.07. The van der Waals surface area contributed by atoms with Crippen LogP contribution in [-0.2, 0) is 10.9 Å². The molecule has 1 aromatic heterocycles. The highest BCUT2D eigenvalue weighted by molar-refractivity contribution is 6.37. The van der Waals surface area contributed by atoms with Crippen LogP contribution in [0.1, 0.15) is 23.0 Å². The van der Waals surface area contributed by atoms with Gasteiger partial charge in [-0.3, -0.25) is 4.98 Å². The van der Waals surface area contributed by atoms with Gasteiger partial charge in [0.2, 0.25) is 0 Å². The lowest BCUT2D eigenvalue weighted by Crippen LogP contribution is -2.27. The summed E-state index contributed by atoms with van der Waals surface area (Å²) >= 11 is 0. The van der Waals surface area contributed by atoms with Crippen LogP contribution in [0, 0.1) is 0 Å². The predicted octanol–water partition coefficient (Wildman–Crippen LogP) is 0.653. The average Bonchev–Trinajstić information content (AvgIpc) is 2.20. The number of hydrogen-bond donors (Lipinski definition) is 1. The zero-order valence-corrected chi connectivity index (χ0v) is 8.84. The maximum atomic E-state index is 12.4. The standard InChI is InChI=1S/C9H8BF3N2O2/c1-2-17-8(16)4-3-15-7(9(11,12)13)5(10)6(4)14/h3H,2H2,1H3,(H2,14,15).